The average molecular weight is 454 g/mol. The van der Waals surface area contributed by atoms with Crippen LogP contribution in [0.1, 0.15) is 63.5 Å². The van der Waals surface area contributed by atoms with E-state index in [0.29, 0.717) is 24.8 Å². The monoisotopic (exact) mass is 453 g/mol. The third-order valence-electron chi connectivity index (χ3n) is 6.75. The number of hydrogen-bond acceptors (Lipinski definition) is 4. The van der Waals surface area contributed by atoms with Crippen LogP contribution in [0, 0.1) is 5.92 Å². The molecule has 1 heterocycles. The molecule has 33 heavy (non-hydrogen) atoms. The number of carbonyl (C=O) groups is 1. The summed E-state index contributed by atoms with van der Waals surface area (Å²) in [5, 5.41) is 0. The molecule has 1 aliphatic rings. The molecular formula is C28H39NO4. The molecule has 3 rings (SSSR count). The highest BCUT2D eigenvalue weighted by molar-refractivity contribution is 5.75. The molecule has 0 aliphatic carbocycles. The fourth-order valence-electron chi connectivity index (χ4n) is 4.91. The lowest BCUT2D eigenvalue weighted by atomic mass is 9.75. The Morgan fingerprint density at radius 2 is 1.67 bits per heavy atom. The van der Waals surface area contributed by atoms with E-state index in [-0.39, 0.29) is 11.5 Å². The van der Waals surface area contributed by atoms with Crippen molar-refractivity contribution in [1.29, 1.82) is 0 Å². The minimum absolute atomic E-state index is 0.115. The lowest BCUT2D eigenvalue weighted by Gasteiger charge is -2.40. The van der Waals surface area contributed by atoms with Crippen LogP contribution >= 0.6 is 0 Å². The highest BCUT2D eigenvalue weighted by Gasteiger charge is 2.34. The fraction of sp³-hybridized carbons (Fsp3) is 0.536. The third kappa shape index (κ3) is 6.97. The van der Waals surface area contributed by atoms with Crippen LogP contribution in [0.5, 0.6) is 11.5 Å². The van der Waals surface area contributed by atoms with E-state index in [9.17, 15) is 4.79 Å². The molecule has 0 unspecified atom stereocenters. The topological polar surface area (TPSA) is 48.0 Å². The van der Waals surface area contributed by atoms with Gasteiger partial charge in [-0.1, -0.05) is 31.2 Å². The van der Waals surface area contributed by atoms with Gasteiger partial charge in [-0.05, 0) is 80.3 Å². The molecular weight excluding hydrogens is 414 g/mol. The Hall–Kier alpha value is -2.53. The molecule has 2 aromatic carbocycles. The van der Waals surface area contributed by atoms with Crippen molar-refractivity contribution in [3.8, 4) is 11.5 Å². The number of amides is 1. The molecule has 0 N–H and O–H groups in total. The summed E-state index contributed by atoms with van der Waals surface area (Å²) in [5.74, 6) is 2.76. The number of hydrogen-bond donors (Lipinski definition) is 0. The van der Waals surface area contributed by atoms with Crippen LogP contribution in [-0.4, -0.2) is 43.8 Å². The number of ether oxygens (including phenoxy) is 3. The zero-order chi connectivity index (χ0) is 23.8. The van der Waals surface area contributed by atoms with Gasteiger partial charge in [0.05, 0.1) is 19.8 Å². The summed E-state index contributed by atoms with van der Waals surface area (Å²) < 4.78 is 16.6. The Kier molecular flexibility index (Phi) is 8.79. The maximum absolute atomic E-state index is 12.8. The van der Waals surface area contributed by atoms with E-state index < -0.39 is 0 Å². The number of benzene rings is 2. The van der Waals surface area contributed by atoms with Crippen molar-refractivity contribution in [2.45, 2.75) is 64.5 Å². The molecule has 1 amide bonds. The minimum Gasteiger partial charge on any atom is -0.497 e. The highest BCUT2D eigenvalue weighted by atomic mass is 16.5. The molecule has 0 saturated carbocycles. The van der Waals surface area contributed by atoms with Gasteiger partial charge in [-0.2, -0.15) is 0 Å². The predicted octanol–water partition coefficient (Wildman–Crippen LogP) is 5.82. The normalized spacial score (nSPS) is 18.4. The Bertz CT molecular complexity index is 876. The Morgan fingerprint density at radius 1 is 1.06 bits per heavy atom. The van der Waals surface area contributed by atoms with E-state index in [1.54, 1.807) is 14.2 Å². The molecule has 0 radical (unpaired) electrons. The number of carbonyl (C=O) groups excluding carboxylic acids is 1. The molecule has 2 aromatic rings. The molecule has 180 valence electrons. The van der Waals surface area contributed by atoms with Crippen molar-refractivity contribution in [3.05, 3.63) is 59.7 Å². The van der Waals surface area contributed by atoms with Gasteiger partial charge in [0.25, 0.3) is 0 Å². The van der Waals surface area contributed by atoms with Gasteiger partial charge in [-0.15, -0.1) is 0 Å². The van der Waals surface area contributed by atoms with Gasteiger partial charge in [-0.3, -0.25) is 4.79 Å². The lowest BCUT2D eigenvalue weighted by molar-refractivity contribution is -0.131. The van der Waals surface area contributed by atoms with Crippen LogP contribution in [0.2, 0.25) is 0 Å². The standard InChI is InChI=1S/C28H39NO4/c1-6-27(30)29(20-21-7-11-24(31-4)12-8-21)17-15-26(22-9-13-25(32-5)14-10-22)23-16-18-33-28(2,3)19-23/h7-14,23,26H,6,15-20H2,1-5H3/t23-,26+/m1/s1. The van der Waals surface area contributed by atoms with Gasteiger partial charge < -0.3 is 19.1 Å². The van der Waals surface area contributed by atoms with E-state index >= 15 is 0 Å². The van der Waals surface area contributed by atoms with Gasteiger partial charge in [-0.25, -0.2) is 0 Å². The molecule has 0 aromatic heterocycles. The number of methoxy groups -OCH3 is 2. The van der Waals surface area contributed by atoms with Gasteiger partial charge in [0.15, 0.2) is 0 Å². The zero-order valence-electron chi connectivity index (χ0n) is 20.8. The summed E-state index contributed by atoms with van der Waals surface area (Å²) >= 11 is 0. The van der Waals surface area contributed by atoms with Crippen molar-refractivity contribution in [3.63, 3.8) is 0 Å². The SMILES string of the molecule is CCC(=O)N(CC[C@@H](c1ccc(OC)cc1)[C@@H]1CCOC(C)(C)C1)Cc1ccc(OC)cc1. The third-order valence-corrected chi connectivity index (χ3v) is 6.75. The van der Waals surface area contributed by atoms with Gasteiger partial charge in [0.1, 0.15) is 11.5 Å². The molecule has 1 fully saturated rings. The molecule has 1 saturated heterocycles. The fourth-order valence-corrected chi connectivity index (χ4v) is 4.91. The summed E-state index contributed by atoms with van der Waals surface area (Å²) in [6.07, 6.45) is 3.49. The maximum atomic E-state index is 12.8. The second-order valence-electron chi connectivity index (χ2n) is 9.55. The van der Waals surface area contributed by atoms with Crippen LogP contribution in [0.4, 0.5) is 0 Å². The Morgan fingerprint density at radius 3 is 2.21 bits per heavy atom. The summed E-state index contributed by atoms with van der Waals surface area (Å²) in [5.41, 5.74) is 2.31. The first-order valence-corrected chi connectivity index (χ1v) is 12.0. The largest absolute Gasteiger partial charge is 0.497 e. The highest BCUT2D eigenvalue weighted by Crippen LogP contribution is 2.40. The second kappa shape index (κ2) is 11.6. The molecule has 1 aliphatic heterocycles. The summed E-state index contributed by atoms with van der Waals surface area (Å²) in [6, 6.07) is 16.4. The van der Waals surface area contributed by atoms with E-state index in [0.717, 1.165) is 49.5 Å². The first kappa shape index (κ1) is 25.1. The maximum Gasteiger partial charge on any atom is 0.222 e. The summed E-state index contributed by atoms with van der Waals surface area (Å²) in [7, 11) is 3.36. The van der Waals surface area contributed by atoms with E-state index in [4.69, 9.17) is 14.2 Å². The summed E-state index contributed by atoms with van der Waals surface area (Å²) in [6.45, 7) is 8.43. The molecule has 0 spiro atoms. The Balaban J connectivity index is 1.78. The van der Waals surface area contributed by atoms with Crippen molar-refractivity contribution >= 4 is 5.91 Å². The molecule has 0 bridgehead atoms. The number of rotatable bonds is 10. The summed E-state index contributed by atoms with van der Waals surface area (Å²) in [4.78, 5) is 14.8. The number of nitrogens with zero attached hydrogens (tertiary/aromatic N) is 1. The quantitative estimate of drug-likeness (QED) is 0.455. The zero-order valence-corrected chi connectivity index (χ0v) is 20.8. The Labute approximate surface area is 199 Å². The van der Waals surface area contributed by atoms with E-state index in [1.165, 1.54) is 5.56 Å². The van der Waals surface area contributed by atoms with Gasteiger partial charge in [0, 0.05) is 26.1 Å². The van der Waals surface area contributed by atoms with Crippen LogP contribution < -0.4 is 9.47 Å². The van der Waals surface area contributed by atoms with Crippen LogP contribution in [-0.2, 0) is 16.1 Å². The van der Waals surface area contributed by atoms with Crippen molar-refractivity contribution < 1.29 is 19.0 Å². The van der Waals surface area contributed by atoms with Gasteiger partial charge >= 0.3 is 0 Å². The average Bonchev–Trinajstić information content (AvgIpc) is 2.83. The van der Waals surface area contributed by atoms with Crippen LogP contribution in [0.25, 0.3) is 0 Å². The molecule has 5 heteroatoms. The van der Waals surface area contributed by atoms with Gasteiger partial charge in [0.2, 0.25) is 5.91 Å². The van der Waals surface area contributed by atoms with E-state index in [1.807, 2.05) is 48.2 Å². The van der Waals surface area contributed by atoms with E-state index in [2.05, 4.69) is 26.0 Å². The van der Waals surface area contributed by atoms with Crippen LogP contribution in [0.15, 0.2) is 48.5 Å². The van der Waals surface area contributed by atoms with Crippen molar-refractivity contribution in [2.75, 3.05) is 27.4 Å². The molecule has 5 nitrogen and oxygen atoms in total. The predicted molar refractivity (Wildman–Crippen MR) is 132 cm³/mol. The molecule has 2 atom stereocenters. The minimum atomic E-state index is -0.115. The van der Waals surface area contributed by atoms with Crippen molar-refractivity contribution in [1.82, 2.24) is 4.90 Å². The van der Waals surface area contributed by atoms with Crippen molar-refractivity contribution in [2.24, 2.45) is 5.92 Å². The lowest BCUT2D eigenvalue weighted by Crippen LogP contribution is -2.37. The van der Waals surface area contributed by atoms with Crippen LogP contribution in [0.3, 0.4) is 0 Å². The second-order valence-corrected chi connectivity index (χ2v) is 9.55. The smallest absolute Gasteiger partial charge is 0.222 e. The first-order valence-electron chi connectivity index (χ1n) is 12.0. The first-order chi connectivity index (χ1) is 15.8.